The Hall–Kier alpha value is -2.90. The summed E-state index contributed by atoms with van der Waals surface area (Å²) in [6, 6.07) is 13.4. The van der Waals surface area contributed by atoms with Gasteiger partial charge in [-0.3, -0.25) is 14.6 Å². The van der Waals surface area contributed by atoms with Gasteiger partial charge in [0.25, 0.3) is 5.91 Å². The van der Waals surface area contributed by atoms with E-state index < -0.39 is 0 Å². The smallest absolute Gasteiger partial charge is 0.257 e. The van der Waals surface area contributed by atoms with Crippen molar-refractivity contribution >= 4 is 17.7 Å². The summed E-state index contributed by atoms with van der Waals surface area (Å²) in [7, 11) is 1.59. The maximum Gasteiger partial charge on any atom is 0.257 e. The van der Waals surface area contributed by atoms with Crippen LogP contribution in [0.5, 0.6) is 0 Å². The van der Waals surface area contributed by atoms with Crippen molar-refractivity contribution in [3.8, 4) is 5.69 Å². The van der Waals surface area contributed by atoms with E-state index in [1.165, 1.54) is 0 Å². The number of nitrogens with one attached hydrogen (secondary N) is 1. The standard InChI is InChI=1S/C24H25N3O3S/c1-15(14-30-3)26-24(29)23-19-12-22(17-7-6-10-25-13-17)31-21-9-5-4-8-18(21)27(19)16(2)11-20(23)28/h4-11,13,15,22H,12,14H2,1-3H3,(H,26,29)/t15-,22-/m1/s1. The number of aromatic nitrogens is 2. The summed E-state index contributed by atoms with van der Waals surface area (Å²) in [4.78, 5) is 31.6. The fourth-order valence-corrected chi connectivity index (χ4v) is 5.28. The summed E-state index contributed by atoms with van der Waals surface area (Å²) in [5.41, 5.74) is 3.49. The van der Waals surface area contributed by atoms with Crippen LogP contribution >= 0.6 is 11.8 Å². The number of aryl methyl sites for hydroxylation is 1. The molecule has 0 spiro atoms. The second-order valence-corrected chi connectivity index (χ2v) is 8.95. The van der Waals surface area contributed by atoms with Gasteiger partial charge in [-0.2, -0.15) is 0 Å². The van der Waals surface area contributed by atoms with Crippen LogP contribution in [0.2, 0.25) is 0 Å². The van der Waals surface area contributed by atoms with Gasteiger partial charge >= 0.3 is 0 Å². The van der Waals surface area contributed by atoms with Gasteiger partial charge in [0.05, 0.1) is 12.3 Å². The largest absolute Gasteiger partial charge is 0.383 e. The monoisotopic (exact) mass is 435 g/mol. The van der Waals surface area contributed by atoms with Gasteiger partial charge in [0, 0.05) is 59.6 Å². The van der Waals surface area contributed by atoms with Gasteiger partial charge in [-0.1, -0.05) is 18.2 Å². The van der Waals surface area contributed by atoms with E-state index in [4.69, 9.17) is 4.74 Å². The Kier molecular flexibility index (Phi) is 6.25. The maximum atomic E-state index is 13.2. The Bertz CT molecular complexity index is 1160. The lowest BCUT2D eigenvalue weighted by Crippen LogP contribution is -2.39. The highest BCUT2D eigenvalue weighted by Crippen LogP contribution is 2.44. The second-order valence-electron chi connectivity index (χ2n) is 7.70. The first-order valence-corrected chi connectivity index (χ1v) is 11.1. The van der Waals surface area contributed by atoms with Crippen LogP contribution in [0, 0.1) is 6.92 Å². The SMILES string of the molecule is COC[C@@H](C)NC(=O)c1c2n(c(C)cc1=O)-c1ccccc1S[C@@H](c1cccnc1)C2. The maximum absolute atomic E-state index is 13.2. The number of amides is 1. The van der Waals surface area contributed by atoms with Crippen molar-refractivity contribution < 1.29 is 9.53 Å². The third-order valence-electron chi connectivity index (χ3n) is 5.33. The molecule has 4 rings (SSSR count). The fourth-order valence-electron chi connectivity index (χ4n) is 4.02. The van der Waals surface area contributed by atoms with Crippen molar-refractivity contribution in [2.24, 2.45) is 0 Å². The first-order valence-electron chi connectivity index (χ1n) is 10.2. The molecule has 0 saturated heterocycles. The quantitative estimate of drug-likeness (QED) is 0.662. The predicted octanol–water partition coefficient (Wildman–Crippen LogP) is 3.70. The lowest BCUT2D eigenvalue weighted by Gasteiger charge is -2.21. The molecule has 0 fully saturated rings. The van der Waals surface area contributed by atoms with Crippen molar-refractivity contribution in [1.82, 2.24) is 14.9 Å². The molecule has 1 aromatic carbocycles. The number of carbonyl (C=O) groups excluding carboxylic acids is 1. The molecule has 0 aliphatic carbocycles. The molecule has 1 N–H and O–H groups in total. The molecule has 1 amide bonds. The van der Waals surface area contributed by atoms with Crippen molar-refractivity contribution in [3.05, 3.63) is 87.6 Å². The second kappa shape index (κ2) is 9.08. The van der Waals surface area contributed by atoms with Crippen LogP contribution in [-0.4, -0.2) is 35.2 Å². The normalized spacial score (nSPS) is 16.0. The molecule has 1 aliphatic rings. The van der Waals surface area contributed by atoms with Crippen LogP contribution in [0.3, 0.4) is 0 Å². The summed E-state index contributed by atoms with van der Waals surface area (Å²) in [6.45, 7) is 4.14. The molecule has 3 heterocycles. The summed E-state index contributed by atoms with van der Waals surface area (Å²) in [6.07, 6.45) is 4.13. The molecule has 2 aromatic heterocycles. The first kappa shape index (κ1) is 21.3. The third-order valence-corrected chi connectivity index (χ3v) is 6.65. The summed E-state index contributed by atoms with van der Waals surface area (Å²) in [5, 5.41) is 2.93. The summed E-state index contributed by atoms with van der Waals surface area (Å²) >= 11 is 1.73. The molecular formula is C24H25N3O3S. The molecule has 2 atom stereocenters. The molecule has 1 aliphatic heterocycles. The number of ether oxygens (including phenoxy) is 1. The Morgan fingerprint density at radius 3 is 2.87 bits per heavy atom. The first-order chi connectivity index (χ1) is 15.0. The van der Waals surface area contributed by atoms with Crippen LogP contribution in [0.25, 0.3) is 5.69 Å². The van der Waals surface area contributed by atoms with Crippen LogP contribution in [0.4, 0.5) is 0 Å². The number of methoxy groups -OCH3 is 1. The zero-order valence-corrected chi connectivity index (χ0v) is 18.6. The Morgan fingerprint density at radius 1 is 1.32 bits per heavy atom. The van der Waals surface area contributed by atoms with Crippen LogP contribution < -0.4 is 10.7 Å². The van der Waals surface area contributed by atoms with E-state index in [0.29, 0.717) is 13.0 Å². The predicted molar refractivity (Wildman–Crippen MR) is 122 cm³/mol. The van der Waals surface area contributed by atoms with E-state index in [0.717, 1.165) is 27.5 Å². The number of rotatable bonds is 5. The van der Waals surface area contributed by atoms with Gasteiger partial charge in [-0.25, -0.2) is 0 Å². The molecular weight excluding hydrogens is 410 g/mol. The number of benzene rings is 1. The van der Waals surface area contributed by atoms with Gasteiger partial charge in [0.15, 0.2) is 5.43 Å². The highest BCUT2D eigenvalue weighted by molar-refractivity contribution is 7.99. The molecule has 6 nitrogen and oxygen atoms in total. The molecule has 160 valence electrons. The van der Waals surface area contributed by atoms with E-state index >= 15 is 0 Å². The number of para-hydroxylation sites is 1. The topological polar surface area (TPSA) is 73.2 Å². The van der Waals surface area contributed by atoms with E-state index in [-0.39, 0.29) is 28.2 Å². The van der Waals surface area contributed by atoms with Gasteiger partial charge < -0.3 is 14.6 Å². The van der Waals surface area contributed by atoms with E-state index in [1.807, 2.05) is 50.4 Å². The van der Waals surface area contributed by atoms with E-state index in [1.54, 1.807) is 31.1 Å². The van der Waals surface area contributed by atoms with E-state index in [2.05, 4.69) is 20.9 Å². The van der Waals surface area contributed by atoms with Gasteiger partial charge in [0.1, 0.15) is 5.56 Å². The zero-order valence-electron chi connectivity index (χ0n) is 17.8. The molecule has 0 unspecified atom stereocenters. The van der Waals surface area contributed by atoms with Crippen LogP contribution in [-0.2, 0) is 11.2 Å². The molecule has 0 radical (unpaired) electrons. The van der Waals surface area contributed by atoms with Crippen LogP contribution in [0.1, 0.15) is 39.5 Å². The van der Waals surface area contributed by atoms with Crippen molar-refractivity contribution in [3.63, 3.8) is 0 Å². The minimum atomic E-state index is -0.368. The molecule has 0 saturated carbocycles. The number of thioether (sulfide) groups is 1. The van der Waals surface area contributed by atoms with Crippen molar-refractivity contribution in [2.45, 2.75) is 36.5 Å². The molecule has 0 bridgehead atoms. The number of carbonyl (C=O) groups is 1. The molecule has 3 aromatic rings. The minimum absolute atomic E-state index is 0.0211. The Morgan fingerprint density at radius 2 is 2.13 bits per heavy atom. The zero-order chi connectivity index (χ0) is 22.0. The number of hydrogen-bond acceptors (Lipinski definition) is 5. The average molecular weight is 436 g/mol. The number of hydrogen-bond donors (Lipinski definition) is 1. The van der Waals surface area contributed by atoms with Gasteiger partial charge in [-0.05, 0) is 37.6 Å². The highest BCUT2D eigenvalue weighted by atomic mass is 32.2. The van der Waals surface area contributed by atoms with Crippen LogP contribution in [0.15, 0.2) is 64.5 Å². The lowest BCUT2D eigenvalue weighted by atomic mass is 10.0. The number of fused-ring (bicyclic) bond motifs is 3. The van der Waals surface area contributed by atoms with Crippen molar-refractivity contribution in [1.29, 1.82) is 0 Å². The Labute approximate surface area is 185 Å². The third kappa shape index (κ3) is 4.29. The lowest BCUT2D eigenvalue weighted by molar-refractivity contribution is 0.0902. The van der Waals surface area contributed by atoms with Gasteiger partial charge in [-0.15, -0.1) is 11.8 Å². The summed E-state index contributed by atoms with van der Waals surface area (Å²) < 4.78 is 7.19. The minimum Gasteiger partial charge on any atom is -0.383 e. The highest BCUT2D eigenvalue weighted by Gasteiger charge is 2.29. The molecule has 7 heteroatoms. The fraction of sp³-hybridized carbons (Fsp3) is 0.292. The van der Waals surface area contributed by atoms with Gasteiger partial charge in [0.2, 0.25) is 0 Å². The Balaban J connectivity index is 1.91. The molecule has 31 heavy (non-hydrogen) atoms. The summed E-state index contributed by atoms with van der Waals surface area (Å²) in [5.74, 6) is -0.368. The number of pyridine rings is 2. The van der Waals surface area contributed by atoms with Crippen molar-refractivity contribution in [2.75, 3.05) is 13.7 Å². The average Bonchev–Trinajstić information content (AvgIpc) is 2.91. The van der Waals surface area contributed by atoms with E-state index in [9.17, 15) is 9.59 Å². The number of nitrogens with zero attached hydrogens (tertiary/aromatic N) is 2.